The lowest BCUT2D eigenvalue weighted by Gasteiger charge is -2.34. The van der Waals surface area contributed by atoms with Crippen LogP contribution in [0, 0.1) is 17.8 Å². The molecule has 74 heavy (non-hydrogen) atoms. The van der Waals surface area contributed by atoms with Gasteiger partial charge in [-0.25, -0.2) is 4.79 Å². The van der Waals surface area contributed by atoms with E-state index in [-0.39, 0.29) is 24.2 Å². The first-order valence-electron chi connectivity index (χ1n) is 24.4. The van der Waals surface area contributed by atoms with Crippen molar-refractivity contribution in [1.82, 2.24) is 36.8 Å². The number of hydrogen-bond donors (Lipinski definition) is 10. The highest BCUT2D eigenvalue weighted by atomic mass is 16.6. The molecule has 13 atom stereocenters. The standard InChI is InChI=1S/C51H71N7O16/c1-10-27(4)39-46(66)57-42-33-16-18-34(19-17-33)74-31(8)51(71,25-59)21-20-37(61)52-23-38(62)72-24-35(50(70)73-30(7)41(48(68)54-39)56-44(64)28(5)43(63)26(2)3)53-47(67)40(29(6)60)55-45(65)36(58(9)49(42)69)22-32-14-12-11-13-15-32/h11-21,26-31,35-36,39-43,59-60,63,71H,10,22-25H2,1-9H3,(H,52,61)(H,53,67)(H,54,68)(H,55,65)(H,56,64)(H,57,66)/b21-20-/t27-,28+,29+,30+,31+,35-,36-,39?,40+,41-,42-,43+,51-/m0/s1. The zero-order chi connectivity index (χ0) is 55.2. The predicted octanol–water partition coefficient (Wildman–Crippen LogP) is -1.40. The molecule has 0 aliphatic carbocycles. The van der Waals surface area contributed by atoms with Crippen LogP contribution in [0.2, 0.25) is 0 Å². The number of likely N-dealkylation sites (N-methyl/N-ethyl adjacent to an activating group) is 1. The third-order valence-corrected chi connectivity index (χ3v) is 13.2. The van der Waals surface area contributed by atoms with Crippen LogP contribution >= 0.6 is 0 Å². The maximum atomic E-state index is 15.1. The number of hydrogen-bond acceptors (Lipinski definition) is 16. The van der Waals surface area contributed by atoms with Gasteiger partial charge in [-0.15, -0.1) is 0 Å². The summed E-state index contributed by atoms with van der Waals surface area (Å²) in [7, 11) is 1.28. The number of rotatable bonds is 10. The maximum Gasteiger partial charge on any atom is 0.332 e. The number of nitrogens with zero attached hydrogens (tertiary/aromatic N) is 1. The van der Waals surface area contributed by atoms with Gasteiger partial charge >= 0.3 is 11.9 Å². The number of aliphatic hydroxyl groups is 4. The molecule has 5 rings (SSSR count). The largest absolute Gasteiger partial charge is 0.487 e. The van der Waals surface area contributed by atoms with Crippen molar-refractivity contribution in [2.75, 3.05) is 26.8 Å². The van der Waals surface area contributed by atoms with Crippen molar-refractivity contribution in [3.63, 3.8) is 0 Å². The van der Waals surface area contributed by atoms with Crippen LogP contribution in [-0.4, -0.2) is 166 Å². The summed E-state index contributed by atoms with van der Waals surface area (Å²) >= 11 is 0. The molecule has 2 aromatic carbocycles. The topological polar surface area (TPSA) is 338 Å². The van der Waals surface area contributed by atoms with Crippen molar-refractivity contribution in [2.24, 2.45) is 17.8 Å². The minimum atomic E-state index is -2.19. The van der Waals surface area contributed by atoms with Crippen LogP contribution in [0.15, 0.2) is 66.7 Å². The van der Waals surface area contributed by atoms with Gasteiger partial charge in [-0.3, -0.25) is 38.4 Å². The summed E-state index contributed by atoms with van der Waals surface area (Å²) in [4.78, 5) is 128. The second kappa shape index (κ2) is 26.8. The number of esters is 2. The lowest BCUT2D eigenvalue weighted by molar-refractivity contribution is -0.160. The normalized spacial score (nSPS) is 28.5. The van der Waals surface area contributed by atoms with Gasteiger partial charge in [-0.1, -0.05) is 83.5 Å². The summed E-state index contributed by atoms with van der Waals surface area (Å²) in [5.41, 5.74) is -1.53. The zero-order valence-corrected chi connectivity index (χ0v) is 43.0. The van der Waals surface area contributed by atoms with E-state index in [1.54, 1.807) is 58.0 Å². The van der Waals surface area contributed by atoms with Gasteiger partial charge in [-0.05, 0) is 61.9 Å². The molecule has 4 bridgehead atoms. The number of cyclic esters (lactones) is 1. The molecule has 1 saturated heterocycles. The summed E-state index contributed by atoms with van der Waals surface area (Å²) < 4.78 is 16.9. The highest BCUT2D eigenvalue weighted by Crippen LogP contribution is 2.26. The molecular formula is C51H71N7O16. The zero-order valence-electron chi connectivity index (χ0n) is 43.0. The molecule has 1 unspecified atom stereocenters. The third-order valence-electron chi connectivity index (χ3n) is 13.2. The fourth-order valence-corrected chi connectivity index (χ4v) is 7.92. The highest BCUT2D eigenvalue weighted by Gasteiger charge is 2.42. The smallest absolute Gasteiger partial charge is 0.332 e. The number of carbonyl (C=O) groups excluding carboxylic acids is 9. The van der Waals surface area contributed by atoms with E-state index in [4.69, 9.17) is 14.2 Å². The Morgan fingerprint density at radius 3 is 2.04 bits per heavy atom. The van der Waals surface area contributed by atoms with E-state index in [0.717, 1.165) is 24.0 Å². The summed E-state index contributed by atoms with van der Waals surface area (Å²) in [5.74, 6) is -11.6. The predicted molar refractivity (Wildman–Crippen MR) is 264 cm³/mol. The Balaban J connectivity index is 2.03. The first-order valence-corrected chi connectivity index (χ1v) is 24.4. The van der Waals surface area contributed by atoms with Crippen LogP contribution in [-0.2, 0) is 59.0 Å². The Morgan fingerprint density at radius 1 is 0.824 bits per heavy atom. The number of fused-ring (bicyclic) bond motifs is 11. The van der Waals surface area contributed by atoms with E-state index in [9.17, 15) is 58.8 Å². The quantitative estimate of drug-likeness (QED) is 0.122. The lowest BCUT2D eigenvalue weighted by Crippen LogP contribution is -2.61. The van der Waals surface area contributed by atoms with Crippen LogP contribution < -0.4 is 36.6 Å². The number of amides is 7. The number of benzene rings is 2. The fraction of sp³-hybridized carbons (Fsp3) is 0.549. The Bertz CT molecular complexity index is 2350. The minimum Gasteiger partial charge on any atom is -0.487 e. The molecule has 406 valence electrons. The van der Waals surface area contributed by atoms with Gasteiger partial charge in [0.05, 0.1) is 24.7 Å². The molecule has 0 aromatic heterocycles. The van der Waals surface area contributed by atoms with Crippen LogP contribution in [0.25, 0.3) is 0 Å². The lowest BCUT2D eigenvalue weighted by atomic mass is 9.93. The molecular weight excluding hydrogens is 967 g/mol. The molecule has 23 nitrogen and oxygen atoms in total. The Hall–Kier alpha value is -6.95. The van der Waals surface area contributed by atoms with Crippen LogP contribution in [0.5, 0.6) is 5.75 Å². The molecule has 0 saturated carbocycles. The minimum absolute atomic E-state index is 0.0801. The summed E-state index contributed by atoms with van der Waals surface area (Å²) in [6, 6.07) is 3.76. The molecule has 2 aromatic rings. The van der Waals surface area contributed by atoms with Gasteiger partial charge in [0, 0.05) is 19.5 Å². The molecule has 3 aliphatic rings. The first-order chi connectivity index (χ1) is 34.8. The van der Waals surface area contributed by atoms with Crippen LogP contribution in [0.3, 0.4) is 0 Å². The average Bonchev–Trinajstić information content (AvgIpc) is 3.37. The molecule has 7 amide bonds. The maximum absolute atomic E-state index is 15.1. The van der Waals surface area contributed by atoms with E-state index in [0.29, 0.717) is 5.56 Å². The van der Waals surface area contributed by atoms with Gasteiger partial charge in [0.15, 0.2) is 6.04 Å². The second-order valence-corrected chi connectivity index (χ2v) is 19.1. The van der Waals surface area contributed by atoms with Gasteiger partial charge in [0.2, 0.25) is 41.4 Å². The highest BCUT2D eigenvalue weighted by molar-refractivity contribution is 5.98. The Morgan fingerprint density at radius 2 is 1.45 bits per heavy atom. The van der Waals surface area contributed by atoms with Gasteiger partial charge in [-0.2, -0.15) is 0 Å². The van der Waals surface area contributed by atoms with Crippen molar-refractivity contribution in [3.05, 3.63) is 77.9 Å². The monoisotopic (exact) mass is 1040 g/mol. The summed E-state index contributed by atoms with van der Waals surface area (Å²) in [5, 5.41) is 58.3. The van der Waals surface area contributed by atoms with E-state index < -0.39 is 157 Å². The molecule has 1 fully saturated rings. The Labute approximate surface area is 429 Å². The van der Waals surface area contributed by atoms with Crippen LogP contribution in [0.1, 0.15) is 79.0 Å². The summed E-state index contributed by atoms with van der Waals surface area (Å²) in [6.45, 7) is 9.05. The SMILES string of the molecule is CC[C@H](C)C1NC(=O)[C@@H](NC(=O)[C@H](C)[C@H](O)C(C)C)[C@@H](C)OC(=O)[C@@H]2COC(=O)CNC(=O)/C=C\[C@](O)(CO)[C@@H](C)Oc3ccc(cc3)[C@H](NC1=O)C(=O)N(C)[C@@H](Cc1ccccc1)C(=O)N[C@H]([C@@H](C)O)C(=O)N2. The van der Waals surface area contributed by atoms with Crippen molar-refractivity contribution in [1.29, 1.82) is 0 Å². The van der Waals surface area contributed by atoms with Gasteiger partial charge in [0.1, 0.15) is 66.9 Å². The van der Waals surface area contributed by atoms with Crippen molar-refractivity contribution < 1.29 is 77.8 Å². The second-order valence-electron chi connectivity index (χ2n) is 19.1. The first kappa shape index (κ1) is 59.6. The van der Waals surface area contributed by atoms with E-state index in [1.165, 1.54) is 52.1 Å². The molecule has 0 spiro atoms. The average molecular weight is 1040 g/mol. The van der Waals surface area contributed by atoms with E-state index in [1.807, 2.05) is 0 Å². The van der Waals surface area contributed by atoms with Gasteiger partial charge in [0.25, 0.3) is 0 Å². The number of carbonyl (C=O) groups is 9. The number of ether oxygens (including phenoxy) is 3. The third kappa shape index (κ3) is 15.8. The fourth-order valence-electron chi connectivity index (χ4n) is 7.92. The molecule has 0 radical (unpaired) electrons. The number of nitrogens with one attached hydrogen (secondary N) is 6. The molecule has 10 N–H and O–H groups in total. The molecule has 3 aliphatic heterocycles. The van der Waals surface area contributed by atoms with Crippen LogP contribution in [0.4, 0.5) is 0 Å². The Kier molecular flexibility index (Phi) is 21.6. The van der Waals surface area contributed by atoms with Crippen molar-refractivity contribution in [2.45, 2.75) is 134 Å². The van der Waals surface area contributed by atoms with Gasteiger partial charge < -0.3 is 71.4 Å². The van der Waals surface area contributed by atoms with Crippen molar-refractivity contribution in [3.8, 4) is 5.75 Å². The van der Waals surface area contributed by atoms with E-state index >= 15 is 4.79 Å². The molecule has 3 heterocycles. The summed E-state index contributed by atoms with van der Waals surface area (Å²) in [6.07, 6.45) is -3.96. The molecule has 23 heteroatoms. The van der Waals surface area contributed by atoms with E-state index in [2.05, 4.69) is 31.9 Å². The number of aliphatic hydroxyl groups excluding tert-OH is 3. The van der Waals surface area contributed by atoms with Crippen molar-refractivity contribution >= 4 is 53.3 Å².